The lowest BCUT2D eigenvalue weighted by molar-refractivity contribution is -0.137. The molecule has 2 amide bonds. The summed E-state index contributed by atoms with van der Waals surface area (Å²) >= 11 is 0. The molecule has 1 heterocycles. The Morgan fingerprint density at radius 2 is 2.00 bits per heavy atom. The minimum absolute atomic E-state index is 0.0184. The second kappa shape index (κ2) is 8.79. The number of nitrogens with one attached hydrogen (secondary N) is 2. The first-order valence-electron chi connectivity index (χ1n) is 7.46. The normalized spacial score (nSPS) is 18.5. The predicted molar refractivity (Wildman–Crippen MR) is 77.7 cm³/mol. The molecular formula is C14H27N3O3. The van der Waals surface area contributed by atoms with Crippen LogP contribution in [-0.4, -0.2) is 54.7 Å². The van der Waals surface area contributed by atoms with Crippen LogP contribution < -0.4 is 10.6 Å². The second-order valence-corrected chi connectivity index (χ2v) is 5.68. The molecule has 0 aliphatic carbocycles. The first-order valence-corrected chi connectivity index (χ1v) is 7.46. The molecule has 1 saturated heterocycles. The molecule has 20 heavy (non-hydrogen) atoms. The lowest BCUT2D eigenvalue weighted by Gasteiger charge is -2.29. The zero-order valence-electron chi connectivity index (χ0n) is 12.5. The molecule has 3 N–H and O–H groups in total. The molecule has 0 radical (unpaired) electrons. The molecule has 1 aliphatic rings. The third-order valence-corrected chi connectivity index (χ3v) is 3.78. The summed E-state index contributed by atoms with van der Waals surface area (Å²) in [5.74, 6) is -0.347. The van der Waals surface area contributed by atoms with Crippen LogP contribution in [0.25, 0.3) is 0 Å². The van der Waals surface area contributed by atoms with Crippen LogP contribution in [-0.2, 0) is 4.79 Å². The van der Waals surface area contributed by atoms with Crippen molar-refractivity contribution in [3.63, 3.8) is 0 Å². The summed E-state index contributed by atoms with van der Waals surface area (Å²) in [4.78, 5) is 24.8. The second-order valence-electron chi connectivity index (χ2n) is 5.68. The van der Waals surface area contributed by atoms with Crippen LogP contribution in [0.15, 0.2) is 0 Å². The van der Waals surface area contributed by atoms with E-state index in [4.69, 9.17) is 5.11 Å². The smallest absolute Gasteiger partial charge is 0.315 e. The minimum atomic E-state index is -0.876. The van der Waals surface area contributed by atoms with Crippen LogP contribution in [0.2, 0.25) is 0 Å². The Morgan fingerprint density at radius 1 is 1.35 bits per heavy atom. The van der Waals surface area contributed by atoms with Crippen molar-refractivity contribution in [2.45, 2.75) is 45.1 Å². The standard InChI is InChI=1S/C14H27N3O3/c1-3-4-12(9-13(18)19)16-14(20)15-10-11-5-7-17(2)8-6-11/h11-12H,3-10H2,1-2H3,(H,18,19)(H2,15,16,20). The summed E-state index contributed by atoms with van der Waals surface area (Å²) in [7, 11) is 2.11. The molecule has 0 spiro atoms. The largest absolute Gasteiger partial charge is 0.481 e. The van der Waals surface area contributed by atoms with E-state index >= 15 is 0 Å². The monoisotopic (exact) mass is 285 g/mol. The number of rotatable bonds is 7. The number of carboxylic acids is 1. The minimum Gasteiger partial charge on any atom is -0.481 e. The van der Waals surface area contributed by atoms with E-state index in [1.807, 2.05) is 6.92 Å². The fourth-order valence-electron chi connectivity index (χ4n) is 2.52. The quantitative estimate of drug-likeness (QED) is 0.658. The summed E-state index contributed by atoms with van der Waals surface area (Å²) in [5, 5.41) is 14.4. The summed E-state index contributed by atoms with van der Waals surface area (Å²) in [5.41, 5.74) is 0. The number of carboxylic acid groups (broad SMARTS) is 1. The molecule has 1 atom stereocenters. The summed E-state index contributed by atoms with van der Waals surface area (Å²) < 4.78 is 0. The molecular weight excluding hydrogens is 258 g/mol. The fourth-order valence-corrected chi connectivity index (χ4v) is 2.52. The Morgan fingerprint density at radius 3 is 2.55 bits per heavy atom. The summed E-state index contributed by atoms with van der Waals surface area (Å²) in [6.45, 7) is 4.80. The number of likely N-dealkylation sites (tertiary alicyclic amines) is 1. The Hall–Kier alpha value is -1.30. The summed E-state index contributed by atoms with van der Waals surface area (Å²) in [6.07, 6.45) is 3.73. The molecule has 6 heteroatoms. The molecule has 0 saturated carbocycles. The maximum atomic E-state index is 11.8. The van der Waals surface area contributed by atoms with E-state index in [0.29, 0.717) is 18.9 Å². The first kappa shape index (κ1) is 16.8. The van der Waals surface area contributed by atoms with Gasteiger partial charge in [-0.05, 0) is 45.3 Å². The van der Waals surface area contributed by atoms with Crippen LogP contribution in [0.5, 0.6) is 0 Å². The fraction of sp³-hybridized carbons (Fsp3) is 0.857. The van der Waals surface area contributed by atoms with E-state index in [2.05, 4.69) is 22.6 Å². The van der Waals surface area contributed by atoms with Crippen LogP contribution >= 0.6 is 0 Å². The van der Waals surface area contributed by atoms with E-state index in [1.54, 1.807) is 0 Å². The van der Waals surface area contributed by atoms with Gasteiger partial charge >= 0.3 is 12.0 Å². The molecule has 0 aromatic heterocycles. The van der Waals surface area contributed by atoms with Crippen molar-refractivity contribution in [2.24, 2.45) is 5.92 Å². The Labute approximate surface area is 120 Å². The molecule has 0 bridgehead atoms. The van der Waals surface area contributed by atoms with Gasteiger partial charge in [0.1, 0.15) is 0 Å². The van der Waals surface area contributed by atoms with Gasteiger partial charge in [-0.2, -0.15) is 0 Å². The summed E-state index contributed by atoms with van der Waals surface area (Å²) in [6, 6.07) is -0.529. The highest BCUT2D eigenvalue weighted by Gasteiger charge is 2.19. The molecule has 1 fully saturated rings. The molecule has 0 aromatic rings. The highest BCUT2D eigenvalue weighted by Crippen LogP contribution is 2.14. The number of hydrogen-bond acceptors (Lipinski definition) is 3. The lowest BCUT2D eigenvalue weighted by Crippen LogP contribution is -2.45. The van der Waals surface area contributed by atoms with E-state index in [0.717, 1.165) is 32.4 Å². The van der Waals surface area contributed by atoms with Crippen molar-refractivity contribution in [3.8, 4) is 0 Å². The topological polar surface area (TPSA) is 81.7 Å². The first-order chi connectivity index (χ1) is 9.51. The zero-order chi connectivity index (χ0) is 15.0. The van der Waals surface area contributed by atoms with Crippen molar-refractivity contribution in [2.75, 3.05) is 26.7 Å². The van der Waals surface area contributed by atoms with Crippen molar-refractivity contribution in [1.29, 1.82) is 0 Å². The third kappa shape index (κ3) is 6.75. The van der Waals surface area contributed by atoms with Crippen molar-refractivity contribution in [3.05, 3.63) is 0 Å². The maximum absolute atomic E-state index is 11.8. The lowest BCUT2D eigenvalue weighted by atomic mass is 9.97. The van der Waals surface area contributed by atoms with Gasteiger partial charge in [0.25, 0.3) is 0 Å². The Kier molecular flexibility index (Phi) is 7.36. The molecule has 1 unspecified atom stereocenters. The Bertz CT molecular complexity index is 315. The van der Waals surface area contributed by atoms with Gasteiger partial charge in [0.2, 0.25) is 0 Å². The molecule has 1 aliphatic heterocycles. The predicted octanol–water partition coefficient (Wildman–Crippen LogP) is 1.27. The number of urea groups is 1. The third-order valence-electron chi connectivity index (χ3n) is 3.78. The average molecular weight is 285 g/mol. The van der Waals surface area contributed by atoms with E-state index in [9.17, 15) is 9.59 Å². The molecule has 6 nitrogen and oxygen atoms in total. The Balaban J connectivity index is 2.25. The van der Waals surface area contributed by atoms with Gasteiger partial charge in [0.05, 0.1) is 6.42 Å². The van der Waals surface area contributed by atoms with Gasteiger partial charge in [0.15, 0.2) is 0 Å². The van der Waals surface area contributed by atoms with Gasteiger partial charge < -0.3 is 20.6 Å². The molecule has 116 valence electrons. The van der Waals surface area contributed by atoms with Crippen molar-refractivity contribution < 1.29 is 14.7 Å². The van der Waals surface area contributed by atoms with Crippen molar-refractivity contribution in [1.82, 2.24) is 15.5 Å². The van der Waals surface area contributed by atoms with E-state index in [-0.39, 0.29) is 18.5 Å². The SMILES string of the molecule is CCCC(CC(=O)O)NC(=O)NCC1CCN(C)CC1. The number of nitrogens with zero attached hydrogens (tertiary/aromatic N) is 1. The number of aliphatic carboxylic acids is 1. The average Bonchev–Trinajstić information content (AvgIpc) is 2.37. The van der Waals surface area contributed by atoms with Gasteiger partial charge in [-0.1, -0.05) is 13.3 Å². The van der Waals surface area contributed by atoms with Crippen molar-refractivity contribution >= 4 is 12.0 Å². The number of carbonyl (C=O) groups excluding carboxylic acids is 1. The number of amides is 2. The van der Waals surface area contributed by atoms with Crippen LogP contribution in [0.4, 0.5) is 4.79 Å². The highest BCUT2D eigenvalue weighted by atomic mass is 16.4. The van der Waals surface area contributed by atoms with Gasteiger partial charge in [-0.25, -0.2) is 4.79 Å². The van der Waals surface area contributed by atoms with Gasteiger partial charge in [-0.15, -0.1) is 0 Å². The molecule has 0 aromatic carbocycles. The number of hydrogen-bond donors (Lipinski definition) is 3. The van der Waals surface area contributed by atoms with E-state index in [1.165, 1.54) is 0 Å². The van der Waals surface area contributed by atoms with Crippen LogP contribution in [0.3, 0.4) is 0 Å². The van der Waals surface area contributed by atoms with Crippen LogP contribution in [0, 0.1) is 5.92 Å². The van der Waals surface area contributed by atoms with Gasteiger partial charge in [-0.3, -0.25) is 4.79 Å². The highest BCUT2D eigenvalue weighted by molar-refractivity contribution is 5.75. The van der Waals surface area contributed by atoms with E-state index < -0.39 is 5.97 Å². The van der Waals surface area contributed by atoms with Crippen LogP contribution in [0.1, 0.15) is 39.0 Å². The van der Waals surface area contributed by atoms with Gasteiger partial charge in [0, 0.05) is 12.6 Å². The zero-order valence-corrected chi connectivity index (χ0v) is 12.5. The number of carbonyl (C=O) groups is 2. The number of piperidine rings is 1. The maximum Gasteiger partial charge on any atom is 0.315 e. The molecule has 1 rings (SSSR count).